The van der Waals surface area contributed by atoms with Crippen LogP contribution in [0.15, 0.2) is 24.3 Å². The van der Waals surface area contributed by atoms with E-state index in [0.717, 1.165) is 24.2 Å². The third-order valence-electron chi connectivity index (χ3n) is 3.67. The molecule has 4 nitrogen and oxygen atoms in total. The molecule has 0 aromatic heterocycles. The topological polar surface area (TPSA) is 40.6 Å². The van der Waals surface area contributed by atoms with Gasteiger partial charge in [0.05, 0.1) is 11.4 Å². The van der Waals surface area contributed by atoms with Gasteiger partial charge in [0.2, 0.25) is 11.8 Å². The van der Waals surface area contributed by atoms with Crippen LogP contribution in [-0.4, -0.2) is 24.4 Å². The maximum absolute atomic E-state index is 12.3. The Labute approximate surface area is 113 Å². The lowest BCUT2D eigenvalue weighted by Gasteiger charge is -2.37. The van der Waals surface area contributed by atoms with Crippen LogP contribution in [0.4, 0.5) is 11.4 Å². The first-order valence-corrected chi connectivity index (χ1v) is 6.82. The number of benzene rings is 1. The van der Waals surface area contributed by atoms with Crippen LogP contribution in [0.25, 0.3) is 0 Å². The van der Waals surface area contributed by atoms with E-state index in [2.05, 4.69) is 0 Å². The molecule has 1 aliphatic heterocycles. The smallest absolute Gasteiger partial charge is 0.247 e. The van der Waals surface area contributed by atoms with Crippen LogP contribution in [0.2, 0.25) is 0 Å². The minimum atomic E-state index is -0.103. The van der Waals surface area contributed by atoms with Crippen molar-refractivity contribution in [2.24, 2.45) is 5.92 Å². The molecule has 19 heavy (non-hydrogen) atoms. The predicted molar refractivity (Wildman–Crippen MR) is 74.1 cm³/mol. The molecule has 3 rings (SSSR count). The van der Waals surface area contributed by atoms with Crippen molar-refractivity contribution in [1.82, 2.24) is 0 Å². The van der Waals surface area contributed by atoms with Gasteiger partial charge >= 0.3 is 0 Å². The van der Waals surface area contributed by atoms with Crippen LogP contribution in [0.3, 0.4) is 0 Å². The van der Waals surface area contributed by atoms with Crippen LogP contribution in [0.1, 0.15) is 26.7 Å². The van der Waals surface area contributed by atoms with E-state index in [1.165, 1.54) is 0 Å². The number of nitrogens with zero attached hydrogens (tertiary/aromatic N) is 2. The Morgan fingerprint density at radius 2 is 1.84 bits per heavy atom. The molecule has 0 bridgehead atoms. The summed E-state index contributed by atoms with van der Waals surface area (Å²) in [6.07, 6.45) is 2.14. The zero-order chi connectivity index (χ0) is 13.6. The monoisotopic (exact) mass is 258 g/mol. The standard InChI is InChI=1S/C15H18N2O2/c1-10(2)15(19)16-9-14(18)17(11-7-8-11)13-6-4-3-5-12(13)16/h3-6,10-11H,7-9H2,1-2H3. The van der Waals surface area contributed by atoms with E-state index in [1.807, 2.05) is 43.0 Å². The fourth-order valence-corrected chi connectivity index (χ4v) is 2.57. The number of hydrogen-bond acceptors (Lipinski definition) is 2. The van der Waals surface area contributed by atoms with E-state index < -0.39 is 0 Å². The summed E-state index contributed by atoms with van der Waals surface area (Å²) in [7, 11) is 0. The zero-order valence-corrected chi connectivity index (χ0v) is 11.3. The number of carbonyl (C=O) groups is 2. The van der Waals surface area contributed by atoms with Gasteiger partial charge < -0.3 is 9.80 Å². The molecule has 0 spiro atoms. The molecular formula is C15H18N2O2. The van der Waals surface area contributed by atoms with Gasteiger partial charge in [-0.05, 0) is 25.0 Å². The summed E-state index contributed by atoms with van der Waals surface area (Å²) in [5, 5.41) is 0. The molecule has 1 aliphatic carbocycles. The number of para-hydroxylation sites is 2. The molecule has 2 amide bonds. The fraction of sp³-hybridized carbons (Fsp3) is 0.467. The minimum Gasteiger partial charge on any atom is -0.306 e. The quantitative estimate of drug-likeness (QED) is 0.815. The average molecular weight is 258 g/mol. The lowest BCUT2D eigenvalue weighted by atomic mass is 10.1. The fourth-order valence-electron chi connectivity index (χ4n) is 2.57. The Morgan fingerprint density at radius 1 is 1.21 bits per heavy atom. The molecule has 2 aliphatic rings. The summed E-state index contributed by atoms with van der Waals surface area (Å²) in [6, 6.07) is 8.04. The van der Waals surface area contributed by atoms with Gasteiger partial charge in [-0.25, -0.2) is 0 Å². The number of anilines is 2. The Balaban J connectivity index is 2.04. The lowest BCUT2D eigenvalue weighted by Crippen LogP contribution is -2.50. The van der Waals surface area contributed by atoms with Crippen molar-refractivity contribution in [1.29, 1.82) is 0 Å². The highest BCUT2D eigenvalue weighted by molar-refractivity contribution is 6.11. The van der Waals surface area contributed by atoms with Crippen LogP contribution >= 0.6 is 0 Å². The van der Waals surface area contributed by atoms with Crippen molar-refractivity contribution < 1.29 is 9.59 Å². The third-order valence-corrected chi connectivity index (χ3v) is 3.67. The average Bonchev–Trinajstić information content (AvgIpc) is 3.21. The van der Waals surface area contributed by atoms with Gasteiger partial charge in [-0.2, -0.15) is 0 Å². The van der Waals surface area contributed by atoms with Gasteiger partial charge in [0.1, 0.15) is 6.54 Å². The molecule has 4 heteroatoms. The second-order valence-corrected chi connectivity index (χ2v) is 5.56. The van der Waals surface area contributed by atoms with Gasteiger partial charge in [0, 0.05) is 12.0 Å². The van der Waals surface area contributed by atoms with Crippen molar-refractivity contribution in [2.75, 3.05) is 16.3 Å². The van der Waals surface area contributed by atoms with E-state index in [-0.39, 0.29) is 24.3 Å². The first-order chi connectivity index (χ1) is 9.09. The Kier molecular flexibility index (Phi) is 2.81. The van der Waals surface area contributed by atoms with Crippen molar-refractivity contribution in [2.45, 2.75) is 32.7 Å². The second kappa shape index (κ2) is 4.37. The Morgan fingerprint density at radius 3 is 2.42 bits per heavy atom. The highest BCUT2D eigenvalue weighted by Crippen LogP contribution is 2.40. The van der Waals surface area contributed by atoms with E-state index >= 15 is 0 Å². The molecule has 0 atom stereocenters. The van der Waals surface area contributed by atoms with Crippen molar-refractivity contribution in [3.05, 3.63) is 24.3 Å². The Bertz CT molecular complexity index is 535. The summed E-state index contributed by atoms with van der Waals surface area (Å²) in [5.41, 5.74) is 1.75. The number of hydrogen-bond donors (Lipinski definition) is 0. The number of rotatable bonds is 2. The predicted octanol–water partition coefficient (Wildman–Crippen LogP) is 2.18. The molecule has 1 heterocycles. The molecule has 0 unspecified atom stereocenters. The van der Waals surface area contributed by atoms with E-state index in [9.17, 15) is 9.59 Å². The molecule has 0 N–H and O–H groups in total. The summed E-state index contributed by atoms with van der Waals surface area (Å²) in [5.74, 6) is -0.0558. The molecular weight excluding hydrogens is 240 g/mol. The first-order valence-electron chi connectivity index (χ1n) is 6.82. The van der Waals surface area contributed by atoms with Crippen LogP contribution < -0.4 is 9.80 Å². The second-order valence-electron chi connectivity index (χ2n) is 5.56. The summed E-state index contributed by atoms with van der Waals surface area (Å²) in [4.78, 5) is 28.1. The molecule has 1 aromatic rings. The molecule has 1 aromatic carbocycles. The summed E-state index contributed by atoms with van der Waals surface area (Å²) < 4.78 is 0. The first kappa shape index (κ1) is 12.2. The molecule has 1 fully saturated rings. The molecule has 100 valence electrons. The highest BCUT2D eigenvalue weighted by atomic mass is 16.2. The van der Waals surface area contributed by atoms with Gasteiger partial charge in [0.25, 0.3) is 0 Å². The van der Waals surface area contributed by atoms with Crippen molar-refractivity contribution in [3.63, 3.8) is 0 Å². The SMILES string of the molecule is CC(C)C(=O)N1CC(=O)N(C2CC2)c2ccccc21. The van der Waals surface area contributed by atoms with Crippen LogP contribution in [0, 0.1) is 5.92 Å². The number of amides is 2. The van der Waals surface area contributed by atoms with Gasteiger partial charge in [-0.15, -0.1) is 0 Å². The number of carbonyl (C=O) groups excluding carboxylic acids is 2. The van der Waals surface area contributed by atoms with Crippen LogP contribution in [0.5, 0.6) is 0 Å². The Hall–Kier alpha value is -1.84. The highest BCUT2D eigenvalue weighted by Gasteiger charge is 2.40. The van der Waals surface area contributed by atoms with Gasteiger partial charge in [0.15, 0.2) is 0 Å². The van der Waals surface area contributed by atoms with Crippen LogP contribution in [-0.2, 0) is 9.59 Å². The van der Waals surface area contributed by atoms with Gasteiger partial charge in [-0.3, -0.25) is 9.59 Å². The molecule has 0 radical (unpaired) electrons. The number of fused-ring (bicyclic) bond motifs is 1. The zero-order valence-electron chi connectivity index (χ0n) is 11.3. The minimum absolute atomic E-state index is 0.0104. The van der Waals surface area contributed by atoms with Crippen molar-refractivity contribution in [3.8, 4) is 0 Å². The maximum Gasteiger partial charge on any atom is 0.247 e. The summed E-state index contributed by atoms with van der Waals surface area (Å²) in [6.45, 7) is 3.90. The third kappa shape index (κ3) is 2.01. The molecule has 0 saturated heterocycles. The van der Waals surface area contributed by atoms with E-state index in [0.29, 0.717) is 6.04 Å². The normalized spacial score (nSPS) is 18.8. The maximum atomic E-state index is 12.3. The van der Waals surface area contributed by atoms with Crippen molar-refractivity contribution >= 4 is 23.2 Å². The molecule has 1 saturated carbocycles. The van der Waals surface area contributed by atoms with Gasteiger partial charge in [-0.1, -0.05) is 26.0 Å². The lowest BCUT2D eigenvalue weighted by molar-refractivity contribution is -0.124. The van der Waals surface area contributed by atoms with E-state index in [4.69, 9.17) is 0 Å². The largest absolute Gasteiger partial charge is 0.306 e. The summed E-state index contributed by atoms with van der Waals surface area (Å²) >= 11 is 0. The van der Waals surface area contributed by atoms with E-state index in [1.54, 1.807) is 4.90 Å².